The first-order valence-electron chi connectivity index (χ1n) is 17.4. The maximum atomic E-state index is 12.9. The van der Waals surface area contributed by atoms with Gasteiger partial charge in [-0.1, -0.05) is 32.0 Å². The molecule has 3 aromatic rings. The summed E-state index contributed by atoms with van der Waals surface area (Å²) >= 11 is 0. The van der Waals surface area contributed by atoms with Crippen molar-refractivity contribution in [1.82, 2.24) is 15.0 Å². The summed E-state index contributed by atoms with van der Waals surface area (Å²) < 4.78 is 11.8. The van der Waals surface area contributed by atoms with Crippen LogP contribution in [0.5, 0.6) is 0 Å². The summed E-state index contributed by atoms with van der Waals surface area (Å²) in [6, 6.07) is 8.76. The fourth-order valence-electron chi connectivity index (χ4n) is 7.27. The number of morpholine rings is 1. The summed E-state index contributed by atoms with van der Waals surface area (Å²) in [7, 11) is 0. The van der Waals surface area contributed by atoms with Crippen LogP contribution in [0.1, 0.15) is 87.3 Å². The zero-order chi connectivity index (χ0) is 34.4. The highest BCUT2D eigenvalue weighted by atomic mass is 16.5. The Morgan fingerprint density at radius 3 is 2.27 bits per heavy atom. The van der Waals surface area contributed by atoms with Crippen molar-refractivity contribution in [2.45, 2.75) is 92.9 Å². The molecule has 1 atom stereocenters. The number of hydrogen-bond donors (Lipinski definition) is 1. The van der Waals surface area contributed by atoms with Crippen LogP contribution in [-0.4, -0.2) is 77.6 Å². The van der Waals surface area contributed by atoms with Crippen molar-refractivity contribution < 1.29 is 19.4 Å². The number of pyridine rings is 1. The van der Waals surface area contributed by atoms with Gasteiger partial charge in [0.15, 0.2) is 6.10 Å². The van der Waals surface area contributed by atoms with Crippen LogP contribution >= 0.6 is 0 Å². The summed E-state index contributed by atoms with van der Waals surface area (Å²) in [6.07, 6.45) is 1.78. The maximum Gasteiger partial charge on any atom is 0.337 e. The summed E-state index contributed by atoms with van der Waals surface area (Å²) in [5.41, 5.74) is 8.38. The number of carboxylic acid groups (broad SMARTS) is 1. The number of piperidine rings is 1. The third-order valence-corrected chi connectivity index (χ3v) is 9.92. The van der Waals surface area contributed by atoms with Gasteiger partial charge in [-0.2, -0.15) is 4.98 Å². The zero-order valence-electron chi connectivity index (χ0n) is 30.0. The number of ether oxygens (including phenoxy) is 2. The Bertz CT molecular complexity index is 1670. The normalized spacial score (nSPS) is 18.9. The van der Waals surface area contributed by atoms with E-state index < -0.39 is 17.7 Å². The highest BCUT2D eigenvalue weighted by molar-refractivity contribution is 5.88. The minimum Gasteiger partial charge on any atom is -0.479 e. The van der Waals surface area contributed by atoms with E-state index in [1.807, 2.05) is 41.5 Å². The molecule has 10 heteroatoms. The van der Waals surface area contributed by atoms with Crippen molar-refractivity contribution in [2.75, 3.05) is 60.6 Å². The summed E-state index contributed by atoms with van der Waals surface area (Å²) in [6.45, 7) is 22.7. The largest absolute Gasteiger partial charge is 0.479 e. The van der Waals surface area contributed by atoms with Gasteiger partial charge >= 0.3 is 5.97 Å². The molecule has 0 radical (unpaired) electrons. The molecule has 10 nitrogen and oxygen atoms in total. The van der Waals surface area contributed by atoms with Gasteiger partial charge in [0.2, 0.25) is 5.95 Å². The molecule has 0 spiro atoms. The van der Waals surface area contributed by atoms with Crippen molar-refractivity contribution in [3.05, 3.63) is 58.0 Å². The van der Waals surface area contributed by atoms with Gasteiger partial charge in [0, 0.05) is 73.5 Å². The fourth-order valence-corrected chi connectivity index (χ4v) is 7.27. The zero-order valence-corrected chi connectivity index (χ0v) is 30.0. The predicted molar refractivity (Wildman–Crippen MR) is 190 cm³/mol. The second-order valence-electron chi connectivity index (χ2n) is 15.4. The Morgan fingerprint density at radius 2 is 1.60 bits per heavy atom. The van der Waals surface area contributed by atoms with Crippen molar-refractivity contribution in [1.29, 1.82) is 0 Å². The highest BCUT2D eigenvalue weighted by Crippen LogP contribution is 2.45. The topological polar surface area (TPSA) is 104 Å². The van der Waals surface area contributed by atoms with Crippen molar-refractivity contribution in [3.63, 3.8) is 0 Å². The lowest BCUT2D eigenvalue weighted by atomic mass is 9.81. The van der Waals surface area contributed by atoms with Crippen LogP contribution in [0.4, 0.5) is 17.5 Å². The monoisotopic (exact) mass is 656 g/mol. The number of carboxylic acids is 1. The van der Waals surface area contributed by atoms with Crippen LogP contribution in [0.3, 0.4) is 0 Å². The molecule has 0 bridgehead atoms. The van der Waals surface area contributed by atoms with E-state index in [-0.39, 0.29) is 5.41 Å². The number of rotatable bonds is 7. The molecule has 2 aromatic heterocycles. The molecule has 1 aromatic carbocycles. The quantitative estimate of drug-likeness (QED) is 0.306. The lowest BCUT2D eigenvalue weighted by Crippen LogP contribution is -2.39. The summed E-state index contributed by atoms with van der Waals surface area (Å²) in [4.78, 5) is 34.6. The average molecular weight is 657 g/mol. The Balaban J connectivity index is 1.38. The van der Waals surface area contributed by atoms with Gasteiger partial charge in [0.25, 0.3) is 0 Å². The molecule has 1 N–H and O–H groups in total. The van der Waals surface area contributed by atoms with E-state index in [1.54, 1.807) is 0 Å². The van der Waals surface area contributed by atoms with Crippen LogP contribution in [0, 0.1) is 26.2 Å². The van der Waals surface area contributed by atoms with Crippen LogP contribution < -0.4 is 14.7 Å². The lowest BCUT2D eigenvalue weighted by Gasteiger charge is -2.41. The van der Waals surface area contributed by atoms with E-state index in [9.17, 15) is 9.90 Å². The minimum atomic E-state index is -1.13. The molecule has 0 aliphatic carbocycles. The first-order chi connectivity index (χ1) is 22.7. The van der Waals surface area contributed by atoms with E-state index in [1.165, 1.54) is 11.1 Å². The maximum absolute atomic E-state index is 12.9. The van der Waals surface area contributed by atoms with Crippen molar-refractivity contribution in [3.8, 4) is 11.1 Å². The average Bonchev–Trinajstić information content (AvgIpc) is 3.03. The fraction of sp³-hybridized carbons (Fsp3) is 0.579. The van der Waals surface area contributed by atoms with Crippen LogP contribution in [-0.2, 0) is 27.2 Å². The van der Waals surface area contributed by atoms with Crippen molar-refractivity contribution in [2.24, 2.45) is 5.41 Å². The molecule has 2 saturated heterocycles. The summed E-state index contributed by atoms with van der Waals surface area (Å²) in [5, 5.41) is 10.5. The van der Waals surface area contributed by atoms with Gasteiger partial charge in [0.1, 0.15) is 5.82 Å². The number of aliphatic carboxylic acids is 1. The third kappa shape index (κ3) is 7.29. The molecule has 48 heavy (non-hydrogen) atoms. The molecule has 6 rings (SSSR count). The van der Waals surface area contributed by atoms with Crippen LogP contribution in [0.2, 0.25) is 0 Å². The number of benzene rings is 1. The second kappa shape index (κ2) is 13.3. The van der Waals surface area contributed by atoms with E-state index in [0.29, 0.717) is 24.5 Å². The van der Waals surface area contributed by atoms with E-state index >= 15 is 0 Å². The van der Waals surface area contributed by atoms with E-state index in [4.69, 9.17) is 24.4 Å². The molecule has 0 saturated carbocycles. The van der Waals surface area contributed by atoms with Gasteiger partial charge in [-0.15, -0.1) is 0 Å². The van der Waals surface area contributed by atoms with E-state index in [2.05, 4.69) is 52.8 Å². The Hall–Kier alpha value is -3.76. The molecule has 0 amide bonds. The lowest BCUT2D eigenvalue weighted by molar-refractivity contribution is -0.160. The number of fused-ring (bicyclic) bond motifs is 1. The molecule has 3 aliphatic heterocycles. The second-order valence-corrected chi connectivity index (χ2v) is 15.4. The smallest absolute Gasteiger partial charge is 0.337 e. The number of anilines is 3. The molecule has 1 unspecified atom stereocenters. The van der Waals surface area contributed by atoms with E-state index in [0.717, 1.165) is 98.5 Å². The number of aromatic nitrogens is 3. The van der Waals surface area contributed by atoms with Crippen LogP contribution in [0.25, 0.3) is 11.1 Å². The van der Waals surface area contributed by atoms with Gasteiger partial charge < -0.3 is 29.3 Å². The number of nitrogens with zero attached hydrogens (tertiary/aromatic N) is 6. The highest BCUT2D eigenvalue weighted by Gasteiger charge is 2.37. The molecular weight excluding hydrogens is 604 g/mol. The molecular formula is C38H52N6O4. The van der Waals surface area contributed by atoms with Crippen LogP contribution in [0.15, 0.2) is 24.3 Å². The first kappa shape index (κ1) is 34.1. The van der Waals surface area contributed by atoms with Gasteiger partial charge in [0.05, 0.1) is 24.5 Å². The molecule has 5 heterocycles. The number of aryl methyl sites for hydroxylation is 3. The van der Waals surface area contributed by atoms with Gasteiger partial charge in [-0.25, -0.2) is 9.78 Å². The Kier molecular flexibility index (Phi) is 9.43. The van der Waals surface area contributed by atoms with Gasteiger partial charge in [-0.05, 0) is 82.9 Å². The van der Waals surface area contributed by atoms with Crippen molar-refractivity contribution >= 4 is 23.4 Å². The number of carbonyl (C=O) groups is 1. The number of hydrogen-bond acceptors (Lipinski definition) is 9. The molecule has 3 aliphatic rings. The third-order valence-electron chi connectivity index (χ3n) is 9.92. The minimum absolute atomic E-state index is 0.240. The SMILES string of the molecule is Cc1cc(N2CCOCC2)nc(N2CCc3cc(-c4c(C)nc(C)c(C(OC(C)(C)C)C(=O)O)c4N4CCC(C)(C)CC4)ccc3C2)n1. The molecule has 2 fully saturated rings. The summed E-state index contributed by atoms with van der Waals surface area (Å²) in [5.74, 6) is 0.732. The Labute approximate surface area is 285 Å². The Morgan fingerprint density at radius 1 is 0.896 bits per heavy atom. The predicted octanol–water partition coefficient (Wildman–Crippen LogP) is 6.43. The molecule has 258 valence electrons. The van der Waals surface area contributed by atoms with Gasteiger partial charge in [-0.3, -0.25) is 4.98 Å². The first-order valence-corrected chi connectivity index (χ1v) is 17.4. The standard InChI is InChI=1S/C38H52N6O4/c1-24-21-30(42-17-19-47-20-18-42)41-36(39-24)44-14-11-27-22-28(9-10-29(27)23-44)31-25(2)40-26(3)32(34(35(45)46)48-37(4,5)6)33(31)43-15-12-38(7,8)13-16-43/h9-10,21-22,34H,11-20,23H2,1-8H3,(H,45,46).